The van der Waals surface area contributed by atoms with Gasteiger partial charge in [0.1, 0.15) is 11.6 Å². The molecule has 1 atom stereocenters. The second kappa shape index (κ2) is 6.48. The lowest BCUT2D eigenvalue weighted by Crippen LogP contribution is -2.26. The van der Waals surface area contributed by atoms with Crippen molar-refractivity contribution in [2.24, 2.45) is 0 Å². The van der Waals surface area contributed by atoms with Crippen LogP contribution in [-0.4, -0.2) is 5.91 Å². The molecule has 0 radical (unpaired) electrons. The Kier molecular flexibility index (Phi) is 4.68. The number of halogens is 2. The summed E-state index contributed by atoms with van der Waals surface area (Å²) in [6.45, 7) is 3.90. The Morgan fingerprint density at radius 2 is 1.67 bits per heavy atom. The van der Waals surface area contributed by atoms with Gasteiger partial charge < -0.3 is 5.32 Å². The molecule has 0 fully saturated rings. The maximum atomic E-state index is 13.1. The number of amides is 1. The van der Waals surface area contributed by atoms with Crippen molar-refractivity contribution >= 4 is 5.91 Å². The van der Waals surface area contributed by atoms with Crippen molar-refractivity contribution in [3.05, 3.63) is 70.8 Å². The molecule has 1 unspecified atom stereocenters. The minimum atomic E-state index is -0.764. The Bertz CT molecular complexity index is 617. The van der Waals surface area contributed by atoms with E-state index in [2.05, 4.69) is 12.2 Å². The molecular weight excluding hydrogens is 272 g/mol. The van der Waals surface area contributed by atoms with Gasteiger partial charge in [0.2, 0.25) is 0 Å². The average Bonchev–Trinajstić information content (AvgIpc) is 2.46. The van der Waals surface area contributed by atoms with Crippen LogP contribution in [0.5, 0.6) is 0 Å². The fraction of sp³-hybridized carbons (Fsp3) is 0.235. The van der Waals surface area contributed by atoms with Crippen LogP contribution in [0.2, 0.25) is 0 Å². The first-order valence-corrected chi connectivity index (χ1v) is 6.85. The molecule has 1 N–H and O–H groups in total. The summed E-state index contributed by atoms with van der Waals surface area (Å²) in [5.41, 5.74) is 2.13. The number of carbonyl (C=O) groups excluding carboxylic acids is 1. The van der Waals surface area contributed by atoms with E-state index in [-0.39, 0.29) is 11.6 Å². The minimum Gasteiger partial charge on any atom is -0.346 e. The van der Waals surface area contributed by atoms with Gasteiger partial charge in [-0.05, 0) is 36.6 Å². The first-order valence-electron chi connectivity index (χ1n) is 6.85. The molecule has 0 aliphatic heterocycles. The van der Waals surface area contributed by atoms with E-state index in [9.17, 15) is 13.6 Å². The average molecular weight is 289 g/mol. The second-order valence-electron chi connectivity index (χ2n) is 4.95. The number of nitrogens with one attached hydrogen (secondary N) is 1. The number of aryl methyl sites for hydroxylation is 1. The van der Waals surface area contributed by atoms with Crippen LogP contribution in [0.15, 0.2) is 42.5 Å². The molecule has 4 heteroatoms. The highest BCUT2D eigenvalue weighted by Crippen LogP contribution is 2.15. The monoisotopic (exact) mass is 289 g/mol. The highest BCUT2D eigenvalue weighted by atomic mass is 19.1. The normalized spacial score (nSPS) is 12.0. The summed E-state index contributed by atoms with van der Waals surface area (Å²) in [7, 11) is 0. The van der Waals surface area contributed by atoms with Gasteiger partial charge in [-0.2, -0.15) is 0 Å². The molecule has 2 rings (SSSR count). The van der Waals surface area contributed by atoms with E-state index in [0.29, 0.717) is 0 Å². The van der Waals surface area contributed by atoms with E-state index in [1.165, 1.54) is 5.56 Å². The first-order chi connectivity index (χ1) is 9.99. The molecule has 110 valence electrons. The summed E-state index contributed by atoms with van der Waals surface area (Å²) < 4.78 is 26.2. The van der Waals surface area contributed by atoms with Crippen molar-refractivity contribution in [2.45, 2.75) is 26.3 Å². The third-order valence-corrected chi connectivity index (χ3v) is 3.36. The predicted octanol–water partition coefficient (Wildman–Crippen LogP) is 4.02. The fourth-order valence-corrected chi connectivity index (χ4v) is 2.09. The van der Waals surface area contributed by atoms with Crippen LogP contribution in [0.25, 0.3) is 0 Å². The van der Waals surface area contributed by atoms with E-state index >= 15 is 0 Å². The SMILES string of the molecule is CCc1ccc(C(C)NC(=O)c2cc(F)cc(F)c2)cc1. The van der Waals surface area contributed by atoms with Crippen LogP contribution in [0.1, 0.15) is 41.4 Å². The minimum absolute atomic E-state index is 0.0236. The molecule has 0 bridgehead atoms. The van der Waals surface area contributed by atoms with Gasteiger partial charge in [0, 0.05) is 11.6 Å². The van der Waals surface area contributed by atoms with E-state index < -0.39 is 17.5 Å². The van der Waals surface area contributed by atoms with Crippen LogP contribution >= 0.6 is 0 Å². The smallest absolute Gasteiger partial charge is 0.251 e. The molecule has 0 heterocycles. The highest BCUT2D eigenvalue weighted by molar-refractivity contribution is 5.94. The zero-order chi connectivity index (χ0) is 15.4. The highest BCUT2D eigenvalue weighted by Gasteiger charge is 2.13. The molecule has 0 aromatic heterocycles. The van der Waals surface area contributed by atoms with Crippen LogP contribution in [0.3, 0.4) is 0 Å². The lowest BCUT2D eigenvalue weighted by atomic mass is 10.0. The van der Waals surface area contributed by atoms with Crippen molar-refractivity contribution in [1.29, 1.82) is 0 Å². The van der Waals surface area contributed by atoms with Crippen molar-refractivity contribution in [3.8, 4) is 0 Å². The Labute approximate surface area is 122 Å². The van der Waals surface area contributed by atoms with Crippen molar-refractivity contribution in [2.75, 3.05) is 0 Å². The van der Waals surface area contributed by atoms with E-state index in [4.69, 9.17) is 0 Å². The number of hydrogen-bond donors (Lipinski definition) is 1. The molecule has 2 aromatic rings. The molecule has 0 saturated carbocycles. The molecular formula is C17H17F2NO. The third-order valence-electron chi connectivity index (χ3n) is 3.36. The summed E-state index contributed by atoms with van der Waals surface area (Å²) in [5, 5.41) is 2.73. The summed E-state index contributed by atoms with van der Waals surface area (Å²) in [6.07, 6.45) is 0.948. The molecule has 0 spiro atoms. The molecule has 1 amide bonds. The molecule has 2 nitrogen and oxygen atoms in total. The quantitative estimate of drug-likeness (QED) is 0.905. The largest absolute Gasteiger partial charge is 0.346 e. The molecule has 21 heavy (non-hydrogen) atoms. The van der Waals surface area contributed by atoms with Gasteiger partial charge >= 0.3 is 0 Å². The topological polar surface area (TPSA) is 29.1 Å². The molecule has 0 aliphatic rings. The number of carbonyl (C=O) groups is 1. The zero-order valence-corrected chi connectivity index (χ0v) is 12.0. The summed E-state index contributed by atoms with van der Waals surface area (Å²) in [4.78, 5) is 12.0. The number of benzene rings is 2. The number of hydrogen-bond acceptors (Lipinski definition) is 1. The van der Waals surface area contributed by atoms with Gasteiger partial charge in [0.05, 0.1) is 6.04 Å². The van der Waals surface area contributed by atoms with Gasteiger partial charge in [-0.3, -0.25) is 4.79 Å². The lowest BCUT2D eigenvalue weighted by molar-refractivity contribution is 0.0939. The van der Waals surface area contributed by atoms with Crippen LogP contribution < -0.4 is 5.32 Å². The van der Waals surface area contributed by atoms with Crippen molar-refractivity contribution < 1.29 is 13.6 Å². The van der Waals surface area contributed by atoms with Gasteiger partial charge in [-0.1, -0.05) is 31.2 Å². The maximum absolute atomic E-state index is 13.1. The van der Waals surface area contributed by atoms with Gasteiger partial charge in [0.25, 0.3) is 5.91 Å². The predicted molar refractivity (Wildman–Crippen MR) is 78.1 cm³/mol. The van der Waals surface area contributed by atoms with Crippen LogP contribution in [0.4, 0.5) is 8.78 Å². The zero-order valence-electron chi connectivity index (χ0n) is 12.0. The van der Waals surface area contributed by atoms with E-state index in [1.807, 2.05) is 31.2 Å². The van der Waals surface area contributed by atoms with Gasteiger partial charge in [0.15, 0.2) is 0 Å². The van der Waals surface area contributed by atoms with Crippen molar-refractivity contribution in [1.82, 2.24) is 5.32 Å². The summed E-state index contributed by atoms with van der Waals surface area (Å²) >= 11 is 0. The molecule has 2 aromatic carbocycles. The molecule has 0 saturated heterocycles. The van der Waals surface area contributed by atoms with Gasteiger partial charge in [-0.15, -0.1) is 0 Å². The van der Waals surface area contributed by atoms with Crippen LogP contribution in [0, 0.1) is 11.6 Å². The number of rotatable bonds is 4. The summed E-state index contributed by atoms with van der Waals surface area (Å²) in [6, 6.07) is 10.4. The third kappa shape index (κ3) is 3.88. The first kappa shape index (κ1) is 15.2. The lowest BCUT2D eigenvalue weighted by Gasteiger charge is -2.15. The fourth-order valence-electron chi connectivity index (χ4n) is 2.09. The second-order valence-corrected chi connectivity index (χ2v) is 4.95. The van der Waals surface area contributed by atoms with E-state index in [0.717, 1.165) is 30.2 Å². The standard InChI is InChI=1S/C17H17F2NO/c1-3-12-4-6-13(7-5-12)11(2)20-17(21)14-8-15(18)10-16(19)9-14/h4-11H,3H2,1-2H3,(H,20,21). The Balaban J connectivity index is 2.10. The maximum Gasteiger partial charge on any atom is 0.251 e. The van der Waals surface area contributed by atoms with Crippen molar-refractivity contribution in [3.63, 3.8) is 0 Å². The Morgan fingerprint density at radius 3 is 2.19 bits per heavy atom. The molecule has 0 aliphatic carbocycles. The Hall–Kier alpha value is -2.23. The van der Waals surface area contributed by atoms with Crippen LogP contribution in [-0.2, 0) is 6.42 Å². The Morgan fingerprint density at radius 1 is 1.10 bits per heavy atom. The van der Waals surface area contributed by atoms with Gasteiger partial charge in [-0.25, -0.2) is 8.78 Å². The summed E-state index contributed by atoms with van der Waals surface area (Å²) in [5.74, 6) is -2.03. The van der Waals surface area contributed by atoms with E-state index in [1.54, 1.807) is 0 Å².